The molecule has 0 aromatic carbocycles. The Morgan fingerprint density at radius 2 is 1.00 bits per heavy atom. The molecule has 0 aliphatic carbocycles. The lowest BCUT2D eigenvalue weighted by molar-refractivity contribution is -1.92. The fourth-order valence-electron chi connectivity index (χ4n) is 0. The third-order valence-electron chi connectivity index (χ3n) is 0. The maximum atomic E-state index is 9.00. The summed E-state index contributed by atoms with van der Waals surface area (Å²) in [6.07, 6.45) is 0. The highest BCUT2D eigenvalue weighted by molar-refractivity contribution is 5.63. The lowest BCUT2D eigenvalue weighted by Gasteiger charge is -2.03. The van der Waals surface area contributed by atoms with Crippen LogP contribution in [0.3, 0.4) is 0 Å². The molecule has 0 spiro atoms. The molecule has 0 rings (SSSR count). The minimum Gasteiger partial charge on any atom is -0.481 e. The maximum Gasteiger partial charge on any atom is 0.300 e. The largest absolute Gasteiger partial charge is 0.481 e. The highest BCUT2D eigenvalue weighted by Gasteiger charge is 1.98. The van der Waals surface area contributed by atoms with Gasteiger partial charge >= 0.3 is 0 Å². The SMILES string of the molecule is CC(=O)O.CC(=O)O.[O-][Cl+3]([O-])([O-])O. The summed E-state index contributed by atoms with van der Waals surface area (Å²) in [7, 11) is -4.69. The standard InChI is InChI=1S/2C2H4O2.ClHO4/c2*1-2(3)4;2-1(3,4)5/h2*1H3,(H,3,4);(H,2,3,4,5). The van der Waals surface area contributed by atoms with Crippen LogP contribution in [0.4, 0.5) is 0 Å². The predicted octanol–water partition coefficient (Wildman–Crippen LogP) is -3.94. The topological polar surface area (TPSA) is 164 Å². The Morgan fingerprint density at radius 1 is 1.00 bits per heavy atom. The number of halogens is 1. The molecule has 80 valence electrons. The van der Waals surface area contributed by atoms with Crippen LogP contribution in [0.5, 0.6) is 0 Å². The van der Waals surface area contributed by atoms with Gasteiger partial charge < -0.3 is 10.2 Å². The minimum absolute atomic E-state index is 0.833. The van der Waals surface area contributed by atoms with Gasteiger partial charge in [0.2, 0.25) is 0 Å². The second-order valence-corrected chi connectivity index (χ2v) is 2.23. The first-order chi connectivity index (χ1) is 5.46. The summed E-state index contributed by atoms with van der Waals surface area (Å²) in [5.41, 5.74) is 0. The molecule has 3 N–H and O–H groups in total. The van der Waals surface area contributed by atoms with Crippen LogP contribution in [0.2, 0.25) is 0 Å². The summed E-state index contributed by atoms with van der Waals surface area (Å²) in [6, 6.07) is 0. The van der Waals surface area contributed by atoms with Crippen LogP contribution in [0, 0.1) is 10.2 Å². The summed E-state index contributed by atoms with van der Waals surface area (Å²) in [4.78, 5) is 18.0. The number of hydrogen-bond acceptors (Lipinski definition) is 6. The molecule has 8 nitrogen and oxygen atoms in total. The van der Waals surface area contributed by atoms with Gasteiger partial charge in [-0.25, -0.2) is 0 Å². The van der Waals surface area contributed by atoms with Gasteiger partial charge in [-0.15, -0.1) is 0 Å². The number of carbonyl (C=O) groups is 2. The van der Waals surface area contributed by atoms with Gasteiger partial charge in [0, 0.05) is 13.8 Å². The Kier molecular flexibility index (Phi) is 12.7. The van der Waals surface area contributed by atoms with Crippen molar-refractivity contribution in [3.8, 4) is 0 Å². The van der Waals surface area contributed by atoms with E-state index >= 15 is 0 Å². The van der Waals surface area contributed by atoms with E-state index in [0.717, 1.165) is 13.8 Å². The number of hydrogen-bond donors (Lipinski definition) is 3. The van der Waals surface area contributed by atoms with Gasteiger partial charge in [-0.2, -0.15) is 14.0 Å². The number of carboxylic acids is 2. The lowest BCUT2D eigenvalue weighted by Crippen LogP contribution is -2.58. The third kappa shape index (κ3) is 1050. The Morgan fingerprint density at radius 3 is 1.00 bits per heavy atom. The summed E-state index contributed by atoms with van der Waals surface area (Å²) in [6.45, 7) is 2.17. The Balaban J connectivity index is -0.000000117. The first-order valence-corrected chi connectivity index (χ1v) is 3.75. The Hall–Kier alpha value is -0.930. The van der Waals surface area contributed by atoms with Gasteiger partial charge in [-0.3, -0.25) is 9.59 Å². The molecule has 0 radical (unpaired) electrons. The monoisotopic (exact) mass is 220 g/mol. The molecular formula is C4H9ClO8. The summed E-state index contributed by atoms with van der Waals surface area (Å²) >= 11 is 0. The molecule has 0 aromatic heterocycles. The van der Waals surface area contributed by atoms with E-state index in [1.54, 1.807) is 0 Å². The van der Waals surface area contributed by atoms with E-state index in [1.807, 2.05) is 0 Å². The van der Waals surface area contributed by atoms with Crippen molar-refractivity contribution in [2.45, 2.75) is 13.8 Å². The zero-order chi connectivity index (χ0) is 11.7. The molecule has 0 bridgehead atoms. The first-order valence-electron chi connectivity index (χ1n) is 2.49. The highest BCUT2D eigenvalue weighted by Crippen LogP contribution is 1.60. The number of carboxylic acid groups (broad SMARTS) is 2. The third-order valence-corrected chi connectivity index (χ3v) is 0. The molecule has 0 unspecified atom stereocenters. The van der Waals surface area contributed by atoms with E-state index in [2.05, 4.69) is 0 Å². The Bertz CT molecular complexity index is 123. The molecule has 13 heavy (non-hydrogen) atoms. The second-order valence-electron chi connectivity index (χ2n) is 1.43. The van der Waals surface area contributed by atoms with Crippen LogP contribution >= 0.6 is 0 Å². The smallest absolute Gasteiger partial charge is 0.300 e. The lowest BCUT2D eigenvalue weighted by atomic mass is 10.9. The molecule has 0 aliphatic heterocycles. The molecule has 0 heterocycles. The minimum atomic E-state index is -4.69. The van der Waals surface area contributed by atoms with E-state index in [1.165, 1.54) is 0 Å². The van der Waals surface area contributed by atoms with E-state index in [0.29, 0.717) is 0 Å². The zero-order valence-corrected chi connectivity index (χ0v) is 7.52. The van der Waals surface area contributed by atoms with Crippen molar-refractivity contribution in [1.29, 1.82) is 0 Å². The molecule has 0 amide bonds. The van der Waals surface area contributed by atoms with Gasteiger partial charge in [0.05, 0.1) is 14.9 Å². The van der Waals surface area contributed by atoms with E-state index in [9.17, 15) is 0 Å². The van der Waals surface area contributed by atoms with Crippen molar-refractivity contribution in [3.63, 3.8) is 0 Å². The average Bonchev–Trinajstić information content (AvgIpc) is 1.50. The van der Waals surface area contributed by atoms with E-state index in [-0.39, 0.29) is 0 Å². The van der Waals surface area contributed by atoms with Crippen LogP contribution in [0.15, 0.2) is 0 Å². The van der Waals surface area contributed by atoms with Gasteiger partial charge in [0.1, 0.15) is 0 Å². The number of rotatable bonds is 0. The van der Waals surface area contributed by atoms with Crippen LogP contribution in [0.25, 0.3) is 0 Å². The fourth-order valence-corrected chi connectivity index (χ4v) is 0. The summed E-state index contributed by atoms with van der Waals surface area (Å²) in [5.74, 6) is -1.67. The van der Waals surface area contributed by atoms with E-state index in [4.69, 9.17) is 38.4 Å². The van der Waals surface area contributed by atoms with Crippen LogP contribution in [0.1, 0.15) is 13.8 Å². The summed E-state index contributed by atoms with van der Waals surface area (Å²) in [5, 5.41) is 14.8. The molecular weight excluding hydrogens is 211 g/mol. The molecule has 9 heteroatoms. The van der Waals surface area contributed by atoms with Crippen molar-refractivity contribution in [2.75, 3.05) is 0 Å². The molecule has 0 saturated heterocycles. The zero-order valence-electron chi connectivity index (χ0n) is 6.76. The second kappa shape index (κ2) is 9.16. The van der Waals surface area contributed by atoms with Crippen LogP contribution in [-0.2, 0) is 9.59 Å². The highest BCUT2D eigenvalue weighted by atomic mass is 35.7. The van der Waals surface area contributed by atoms with Crippen molar-refractivity contribution < 1.29 is 48.7 Å². The van der Waals surface area contributed by atoms with Gasteiger partial charge in [-0.05, 0) is 0 Å². The first kappa shape index (κ1) is 18.0. The normalized spacial score (nSPS) is 8.46. The molecule has 0 fully saturated rings. The van der Waals surface area contributed by atoms with Gasteiger partial charge in [0.15, 0.2) is 0 Å². The van der Waals surface area contributed by atoms with Crippen LogP contribution < -0.4 is 14.0 Å². The Labute approximate surface area is 75.4 Å². The van der Waals surface area contributed by atoms with E-state index < -0.39 is 22.2 Å². The fraction of sp³-hybridized carbons (Fsp3) is 0.500. The molecule has 0 saturated carbocycles. The van der Waals surface area contributed by atoms with Crippen molar-refractivity contribution in [2.24, 2.45) is 0 Å². The quantitative estimate of drug-likeness (QED) is 0.372. The number of aliphatic carboxylic acids is 2. The van der Waals surface area contributed by atoms with Gasteiger partial charge in [-0.1, -0.05) is 0 Å². The molecule has 0 aliphatic rings. The van der Waals surface area contributed by atoms with Crippen LogP contribution in [-0.4, -0.2) is 26.8 Å². The predicted molar refractivity (Wildman–Crippen MR) is 28.8 cm³/mol. The van der Waals surface area contributed by atoms with Crippen molar-refractivity contribution in [1.82, 2.24) is 0 Å². The van der Waals surface area contributed by atoms with Crippen molar-refractivity contribution >= 4 is 11.9 Å². The molecule has 0 atom stereocenters. The molecule has 0 aromatic rings. The summed E-state index contributed by atoms with van der Waals surface area (Å²) < 4.78 is 32.7. The average molecular weight is 221 g/mol. The van der Waals surface area contributed by atoms with Gasteiger partial charge in [0.25, 0.3) is 11.9 Å². The van der Waals surface area contributed by atoms with Crippen molar-refractivity contribution in [3.05, 3.63) is 0 Å². The maximum absolute atomic E-state index is 9.00.